The van der Waals surface area contributed by atoms with Crippen LogP contribution in [0.2, 0.25) is 0 Å². The van der Waals surface area contributed by atoms with Gasteiger partial charge in [-0.05, 0) is 6.07 Å². The molecule has 0 aliphatic carbocycles. The van der Waals surface area contributed by atoms with Crippen molar-refractivity contribution >= 4 is 11.6 Å². The molecular formula is C11H14N2O3. The van der Waals surface area contributed by atoms with E-state index >= 15 is 0 Å². The van der Waals surface area contributed by atoms with Crippen LogP contribution in [0, 0.1) is 0 Å². The fourth-order valence-corrected chi connectivity index (χ4v) is 1.60. The van der Waals surface area contributed by atoms with E-state index in [0.717, 1.165) is 11.3 Å². The number of nitrogens with two attached hydrogens (primary N) is 1. The van der Waals surface area contributed by atoms with E-state index in [-0.39, 0.29) is 5.91 Å². The van der Waals surface area contributed by atoms with E-state index in [0.29, 0.717) is 19.0 Å². The van der Waals surface area contributed by atoms with E-state index in [1.165, 1.54) is 0 Å². The van der Waals surface area contributed by atoms with Crippen molar-refractivity contribution in [2.75, 3.05) is 25.6 Å². The Balaban J connectivity index is 2.09. The molecule has 1 unspecified atom stereocenters. The van der Waals surface area contributed by atoms with Crippen LogP contribution in [0.4, 0.5) is 5.69 Å². The molecular weight excluding hydrogens is 208 g/mol. The molecule has 16 heavy (non-hydrogen) atoms. The third-order valence-corrected chi connectivity index (χ3v) is 2.46. The molecule has 2 rings (SSSR count). The van der Waals surface area contributed by atoms with Crippen molar-refractivity contribution in [3.05, 3.63) is 23.8 Å². The van der Waals surface area contributed by atoms with Gasteiger partial charge in [-0.1, -0.05) is 6.07 Å². The second kappa shape index (κ2) is 4.51. The van der Waals surface area contributed by atoms with Gasteiger partial charge in [0.1, 0.15) is 18.4 Å². The molecule has 3 N–H and O–H groups in total. The summed E-state index contributed by atoms with van der Waals surface area (Å²) < 4.78 is 10.3. The number of amides is 1. The maximum Gasteiger partial charge on any atom is 0.245 e. The fraction of sp³-hybridized carbons (Fsp3) is 0.364. The zero-order valence-corrected chi connectivity index (χ0v) is 9.03. The van der Waals surface area contributed by atoms with Crippen LogP contribution in [0.1, 0.15) is 11.6 Å². The predicted molar refractivity (Wildman–Crippen MR) is 59.4 cm³/mol. The molecule has 0 bridgehead atoms. The van der Waals surface area contributed by atoms with Crippen molar-refractivity contribution in [1.29, 1.82) is 0 Å². The molecule has 5 nitrogen and oxygen atoms in total. The minimum absolute atomic E-state index is 0.177. The van der Waals surface area contributed by atoms with Crippen LogP contribution in [0.3, 0.4) is 0 Å². The van der Waals surface area contributed by atoms with Gasteiger partial charge in [0.05, 0.1) is 6.61 Å². The third-order valence-electron chi connectivity index (χ3n) is 2.46. The molecule has 1 amide bonds. The number of hydrogen-bond donors (Lipinski definition) is 2. The standard InChI is InChI=1S/C11H14N2O3/c1-15-4-5-16-7-2-3-8-9(6-7)13-11(14)10(8)12/h2-3,6,10H,4-5,12H2,1H3,(H,13,14). The Bertz CT molecular complexity index is 406. The smallest absolute Gasteiger partial charge is 0.245 e. The molecule has 1 aliphatic rings. The average molecular weight is 222 g/mol. The van der Waals surface area contributed by atoms with Gasteiger partial charge in [0.25, 0.3) is 0 Å². The Labute approximate surface area is 93.5 Å². The van der Waals surface area contributed by atoms with Crippen molar-refractivity contribution in [2.45, 2.75) is 6.04 Å². The summed E-state index contributed by atoms with van der Waals surface area (Å²) in [4.78, 5) is 11.3. The summed E-state index contributed by atoms with van der Waals surface area (Å²) in [5, 5.41) is 2.70. The molecule has 0 saturated heterocycles. The quantitative estimate of drug-likeness (QED) is 0.734. The largest absolute Gasteiger partial charge is 0.491 e. The Kier molecular flexibility index (Phi) is 3.07. The second-order valence-corrected chi connectivity index (χ2v) is 3.56. The zero-order chi connectivity index (χ0) is 11.5. The van der Waals surface area contributed by atoms with Crippen molar-refractivity contribution < 1.29 is 14.3 Å². The predicted octanol–water partition coefficient (Wildman–Crippen LogP) is 0.664. The average Bonchev–Trinajstić information content (AvgIpc) is 2.55. The summed E-state index contributed by atoms with van der Waals surface area (Å²) in [6, 6.07) is 4.81. The molecule has 1 aromatic rings. The number of carbonyl (C=O) groups excluding carboxylic acids is 1. The first kappa shape index (κ1) is 10.9. The summed E-state index contributed by atoms with van der Waals surface area (Å²) >= 11 is 0. The van der Waals surface area contributed by atoms with Gasteiger partial charge < -0.3 is 20.5 Å². The SMILES string of the molecule is COCCOc1ccc2c(c1)NC(=O)C2N. The molecule has 86 valence electrons. The maximum absolute atomic E-state index is 11.3. The molecule has 0 aromatic heterocycles. The molecule has 5 heteroatoms. The van der Waals surface area contributed by atoms with Crippen LogP contribution in [0.15, 0.2) is 18.2 Å². The summed E-state index contributed by atoms with van der Waals surface area (Å²) in [7, 11) is 1.62. The van der Waals surface area contributed by atoms with Crippen LogP contribution in [0.5, 0.6) is 5.75 Å². The van der Waals surface area contributed by atoms with Gasteiger partial charge in [-0.2, -0.15) is 0 Å². The molecule has 1 aromatic carbocycles. The lowest BCUT2D eigenvalue weighted by Crippen LogP contribution is -2.19. The van der Waals surface area contributed by atoms with Crippen LogP contribution in [0.25, 0.3) is 0 Å². The summed E-state index contributed by atoms with van der Waals surface area (Å²) in [6.07, 6.45) is 0. The number of ether oxygens (including phenoxy) is 2. The number of fused-ring (bicyclic) bond motifs is 1. The van der Waals surface area contributed by atoms with E-state index < -0.39 is 6.04 Å². The Morgan fingerprint density at radius 3 is 3.00 bits per heavy atom. The van der Waals surface area contributed by atoms with Crippen molar-refractivity contribution in [1.82, 2.24) is 0 Å². The summed E-state index contributed by atoms with van der Waals surface area (Å²) in [6.45, 7) is 1.01. The van der Waals surface area contributed by atoms with E-state index in [4.69, 9.17) is 15.2 Å². The lowest BCUT2D eigenvalue weighted by Gasteiger charge is -2.07. The molecule has 1 atom stereocenters. The summed E-state index contributed by atoms with van der Waals surface area (Å²) in [5.41, 5.74) is 7.23. The molecule has 1 aliphatic heterocycles. The highest BCUT2D eigenvalue weighted by Gasteiger charge is 2.27. The van der Waals surface area contributed by atoms with Gasteiger partial charge in [0.15, 0.2) is 0 Å². The van der Waals surface area contributed by atoms with E-state index in [1.54, 1.807) is 25.3 Å². The number of nitrogens with one attached hydrogen (secondary N) is 1. The van der Waals surface area contributed by atoms with Crippen molar-refractivity contribution in [3.63, 3.8) is 0 Å². The molecule has 0 spiro atoms. The third kappa shape index (κ3) is 2.00. The highest BCUT2D eigenvalue weighted by atomic mass is 16.5. The number of methoxy groups -OCH3 is 1. The number of carbonyl (C=O) groups is 1. The normalized spacial score (nSPS) is 18.1. The lowest BCUT2D eigenvalue weighted by atomic mass is 10.1. The van der Waals surface area contributed by atoms with E-state index in [2.05, 4.69) is 5.32 Å². The first-order valence-electron chi connectivity index (χ1n) is 5.04. The van der Waals surface area contributed by atoms with Gasteiger partial charge in [-0.15, -0.1) is 0 Å². The lowest BCUT2D eigenvalue weighted by molar-refractivity contribution is -0.116. The Morgan fingerprint density at radius 2 is 2.25 bits per heavy atom. The molecule has 0 fully saturated rings. The van der Waals surface area contributed by atoms with Gasteiger partial charge in [-0.25, -0.2) is 0 Å². The van der Waals surface area contributed by atoms with E-state index in [9.17, 15) is 4.79 Å². The van der Waals surface area contributed by atoms with Crippen LogP contribution < -0.4 is 15.8 Å². The zero-order valence-electron chi connectivity index (χ0n) is 9.03. The van der Waals surface area contributed by atoms with Gasteiger partial charge in [-0.3, -0.25) is 4.79 Å². The van der Waals surface area contributed by atoms with Crippen LogP contribution in [-0.4, -0.2) is 26.2 Å². The van der Waals surface area contributed by atoms with Crippen LogP contribution >= 0.6 is 0 Å². The van der Waals surface area contributed by atoms with Crippen molar-refractivity contribution in [2.24, 2.45) is 5.73 Å². The minimum atomic E-state index is -0.567. The van der Waals surface area contributed by atoms with Gasteiger partial charge in [0.2, 0.25) is 5.91 Å². The molecule has 0 radical (unpaired) electrons. The number of rotatable bonds is 4. The number of hydrogen-bond acceptors (Lipinski definition) is 4. The monoisotopic (exact) mass is 222 g/mol. The summed E-state index contributed by atoms with van der Waals surface area (Å²) in [5.74, 6) is 0.522. The highest BCUT2D eigenvalue weighted by molar-refractivity contribution is 6.02. The molecule has 0 saturated carbocycles. The maximum atomic E-state index is 11.3. The Hall–Kier alpha value is -1.59. The fourth-order valence-electron chi connectivity index (χ4n) is 1.60. The number of benzene rings is 1. The number of anilines is 1. The highest BCUT2D eigenvalue weighted by Crippen LogP contribution is 2.32. The van der Waals surface area contributed by atoms with Gasteiger partial charge in [0, 0.05) is 24.4 Å². The molecule has 1 heterocycles. The van der Waals surface area contributed by atoms with Gasteiger partial charge >= 0.3 is 0 Å². The second-order valence-electron chi connectivity index (χ2n) is 3.56. The Morgan fingerprint density at radius 1 is 1.44 bits per heavy atom. The van der Waals surface area contributed by atoms with Crippen LogP contribution in [-0.2, 0) is 9.53 Å². The topological polar surface area (TPSA) is 73.6 Å². The van der Waals surface area contributed by atoms with Crippen molar-refractivity contribution in [3.8, 4) is 5.75 Å². The van der Waals surface area contributed by atoms with E-state index in [1.807, 2.05) is 0 Å². The minimum Gasteiger partial charge on any atom is -0.491 e. The first-order valence-corrected chi connectivity index (χ1v) is 5.04. The first-order chi connectivity index (χ1) is 7.72.